The number of carbonyl (C=O) groups is 1. The molecule has 0 aliphatic heterocycles. The third-order valence-electron chi connectivity index (χ3n) is 4.50. The molecular formula is C15H28N2O. The van der Waals surface area contributed by atoms with Gasteiger partial charge < -0.3 is 10.6 Å². The van der Waals surface area contributed by atoms with Crippen LogP contribution in [0.15, 0.2) is 0 Å². The largest absolute Gasteiger partial charge is 0.352 e. The summed E-state index contributed by atoms with van der Waals surface area (Å²) < 4.78 is 0. The van der Waals surface area contributed by atoms with Crippen molar-refractivity contribution in [1.29, 1.82) is 0 Å². The molecule has 0 heterocycles. The van der Waals surface area contributed by atoms with E-state index >= 15 is 0 Å². The predicted octanol–water partition coefficient (Wildman–Crippen LogP) is 2.32. The number of nitrogens with one attached hydrogen (secondary N) is 2. The molecule has 1 amide bonds. The van der Waals surface area contributed by atoms with Gasteiger partial charge in [-0.15, -0.1) is 0 Å². The monoisotopic (exact) mass is 252 g/mol. The minimum Gasteiger partial charge on any atom is -0.352 e. The summed E-state index contributed by atoms with van der Waals surface area (Å²) in [5.41, 5.74) is 0. The van der Waals surface area contributed by atoms with Crippen molar-refractivity contribution < 1.29 is 4.79 Å². The Morgan fingerprint density at radius 1 is 1.22 bits per heavy atom. The first-order chi connectivity index (χ1) is 8.56. The van der Waals surface area contributed by atoms with Gasteiger partial charge in [-0.05, 0) is 43.4 Å². The van der Waals surface area contributed by atoms with Crippen molar-refractivity contribution >= 4 is 5.91 Å². The van der Waals surface area contributed by atoms with E-state index < -0.39 is 0 Å². The summed E-state index contributed by atoms with van der Waals surface area (Å²) >= 11 is 0. The Hall–Kier alpha value is -0.570. The fourth-order valence-electron chi connectivity index (χ4n) is 3.15. The molecule has 3 nitrogen and oxygen atoms in total. The molecule has 2 N–H and O–H groups in total. The van der Waals surface area contributed by atoms with Gasteiger partial charge in [-0.25, -0.2) is 0 Å². The van der Waals surface area contributed by atoms with Gasteiger partial charge in [0.2, 0.25) is 5.91 Å². The molecule has 3 atom stereocenters. The van der Waals surface area contributed by atoms with Crippen molar-refractivity contribution in [3.8, 4) is 0 Å². The number of hydrogen-bond acceptors (Lipinski definition) is 2. The number of hydrogen-bond donors (Lipinski definition) is 2. The number of amides is 1. The van der Waals surface area contributed by atoms with Gasteiger partial charge in [0.1, 0.15) is 0 Å². The highest BCUT2D eigenvalue weighted by Crippen LogP contribution is 2.33. The molecule has 3 unspecified atom stereocenters. The third kappa shape index (κ3) is 3.98. The van der Waals surface area contributed by atoms with E-state index in [4.69, 9.17) is 0 Å². The van der Waals surface area contributed by atoms with Crippen LogP contribution in [0.5, 0.6) is 0 Å². The van der Waals surface area contributed by atoms with Crippen LogP contribution >= 0.6 is 0 Å². The van der Waals surface area contributed by atoms with E-state index in [-0.39, 0.29) is 5.91 Å². The Morgan fingerprint density at radius 3 is 2.56 bits per heavy atom. The van der Waals surface area contributed by atoms with Gasteiger partial charge in [-0.2, -0.15) is 0 Å². The van der Waals surface area contributed by atoms with Crippen molar-refractivity contribution in [3.63, 3.8) is 0 Å². The molecule has 0 aromatic rings. The quantitative estimate of drug-likeness (QED) is 0.788. The molecule has 104 valence electrons. The molecule has 2 saturated carbocycles. The van der Waals surface area contributed by atoms with E-state index in [0.717, 1.165) is 12.3 Å². The van der Waals surface area contributed by atoms with Gasteiger partial charge in [-0.3, -0.25) is 4.79 Å². The highest BCUT2D eigenvalue weighted by molar-refractivity contribution is 5.78. The lowest BCUT2D eigenvalue weighted by Gasteiger charge is -2.37. The first-order valence-electron chi connectivity index (χ1n) is 7.59. The van der Waals surface area contributed by atoms with E-state index in [9.17, 15) is 4.79 Å². The van der Waals surface area contributed by atoms with E-state index in [0.29, 0.717) is 30.5 Å². The minimum absolute atomic E-state index is 0.187. The first kappa shape index (κ1) is 13.9. The average molecular weight is 252 g/mol. The lowest BCUT2D eigenvalue weighted by atomic mass is 9.74. The standard InChI is InChI=1S/C15H28N2O/c1-10(2)13-7-4-11(3)8-14(13)17-15(18)9-16-12-5-6-12/h10-14,16H,4-9H2,1-3H3,(H,17,18). The van der Waals surface area contributed by atoms with Crippen LogP contribution in [0.3, 0.4) is 0 Å². The maximum atomic E-state index is 11.9. The Labute approximate surface area is 111 Å². The second-order valence-corrected chi connectivity index (χ2v) is 6.66. The van der Waals surface area contributed by atoms with E-state index in [1.165, 1.54) is 25.7 Å². The smallest absolute Gasteiger partial charge is 0.234 e. The normalized spacial score (nSPS) is 32.6. The molecule has 2 fully saturated rings. The molecule has 0 radical (unpaired) electrons. The highest BCUT2D eigenvalue weighted by atomic mass is 16.2. The Bertz CT molecular complexity index is 286. The van der Waals surface area contributed by atoms with Crippen molar-refractivity contribution in [2.24, 2.45) is 17.8 Å². The minimum atomic E-state index is 0.187. The zero-order valence-electron chi connectivity index (χ0n) is 12.0. The second-order valence-electron chi connectivity index (χ2n) is 6.66. The van der Waals surface area contributed by atoms with Gasteiger partial charge in [0.15, 0.2) is 0 Å². The lowest BCUT2D eigenvalue weighted by molar-refractivity contribution is -0.121. The number of carbonyl (C=O) groups excluding carboxylic acids is 1. The SMILES string of the molecule is CC1CCC(C(C)C)C(NC(=O)CNC2CC2)C1. The summed E-state index contributed by atoms with van der Waals surface area (Å²) in [5.74, 6) is 2.26. The first-order valence-corrected chi connectivity index (χ1v) is 7.59. The molecule has 0 aromatic carbocycles. The lowest BCUT2D eigenvalue weighted by Crippen LogP contribution is -2.48. The van der Waals surface area contributed by atoms with E-state index in [1.807, 2.05) is 0 Å². The third-order valence-corrected chi connectivity index (χ3v) is 4.50. The van der Waals surface area contributed by atoms with Crippen LogP contribution in [0.4, 0.5) is 0 Å². The van der Waals surface area contributed by atoms with E-state index in [2.05, 4.69) is 31.4 Å². The van der Waals surface area contributed by atoms with Gasteiger partial charge in [0.25, 0.3) is 0 Å². The van der Waals surface area contributed by atoms with Crippen LogP contribution < -0.4 is 10.6 Å². The zero-order valence-corrected chi connectivity index (χ0v) is 12.0. The molecular weight excluding hydrogens is 224 g/mol. The van der Waals surface area contributed by atoms with Crippen LogP contribution in [0.25, 0.3) is 0 Å². The molecule has 2 rings (SSSR count). The van der Waals surface area contributed by atoms with Gasteiger partial charge in [0.05, 0.1) is 6.54 Å². The summed E-state index contributed by atoms with van der Waals surface area (Å²) in [6.07, 6.45) is 6.21. The fraction of sp³-hybridized carbons (Fsp3) is 0.933. The Balaban J connectivity index is 1.80. The highest BCUT2D eigenvalue weighted by Gasteiger charge is 2.31. The molecule has 0 spiro atoms. The maximum Gasteiger partial charge on any atom is 0.234 e. The Kier molecular flexibility index (Phi) is 4.66. The zero-order chi connectivity index (χ0) is 13.1. The molecule has 18 heavy (non-hydrogen) atoms. The van der Waals surface area contributed by atoms with Gasteiger partial charge >= 0.3 is 0 Å². The van der Waals surface area contributed by atoms with Crippen molar-refractivity contribution in [2.45, 2.75) is 65.0 Å². The fourth-order valence-corrected chi connectivity index (χ4v) is 3.15. The molecule has 2 aliphatic carbocycles. The number of rotatable bonds is 5. The summed E-state index contributed by atoms with van der Waals surface area (Å²) in [7, 11) is 0. The van der Waals surface area contributed by atoms with Gasteiger partial charge in [0, 0.05) is 12.1 Å². The summed E-state index contributed by atoms with van der Waals surface area (Å²) in [6, 6.07) is 1.00. The van der Waals surface area contributed by atoms with Crippen molar-refractivity contribution in [2.75, 3.05) is 6.54 Å². The molecule has 2 aliphatic rings. The molecule has 0 bridgehead atoms. The average Bonchev–Trinajstić information content (AvgIpc) is 3.09. The molecule has 0 aromatic heterocycles. The Morgan fingerprint density at radius 2 is 1.94 bits per heavy atom. The predicted molar refractivity (Wildman–Crippen MR) is 74.3 cm³/mol. The van der Waals surface area contributed by atoms with Crippen LogP contribution in [0.2, 0.25) is 0 Å². The van der Waals surface area contributed by atoms with E-state index in [1.54, 1.807) is 0 Å². The summed E-state index contributed by atoms with van der Waals surface area (Å²) in [5, 5.41) is 6.55. The van der Waals surface area contributed by atoms with Crippen LogP contribution in [-0.2, 0) is 4.79 Å². The molecule has 0 saturated heterocycles. The van der Waals surface area contributed by atoms with Crippen LogP contribution in [-0.4, -0.2) is 24.5 Å². The second kappa shape index (κ2) is 6.05. The van der Waals surface area contributed by atoms with Crippen molar-refractivity contribution in [3.05, 3.63) is 0 Å². The van der Waals surface area contributed by atoms with Crippen LogP contribution in [0.1, 0.15) is 52.9 Å². The molecule has 3 heteroatoms. The maximum absolute atomic E-state index is 11.9. The van der Waals surface area contributed by atoms with Crippen molar-refractivity contribution in [1.82, 2.24) is 10.6 Å². The van der Waals surface area contributed by atoms with Gasteiger partial charge in [-0.1, -0.05) is 27.2 Å². The summed E-state index contributed by atoms with van der Waals surface area (Å²) in [4.78, 5) is 11.9. The van der Waals surface area contributed by atoms with Crippen LogP contribution in [0, 0.1) is 17.8 Å². The summed E-state index contributed by atoms with van der Waals surface area (Å²) in [6.45, 7) is 7.36. The topological polar surface area (TPSA) is 41.1 Å².